The van der Waals surface area contributed by atoms with Crippen molar-refractivity contribution in [2.45, 2.75) is 31.7 Å². The van der Waals surface area contributed by atoms with Crippen LogP contribution in [0.2, 0.25) is 5.02 Å². The molecule has 1 N–H and O–H groups in total. The molecule has 164 valence electrons. The second kappa shape index (κ2) is 8.88. The Morgan fingerprint density at radius 1 is 1.12 bits per heavy atom. The third kappa shape index (κ3) is 4.20. The lowest BCUT2D eigenvalue weighted by Gasteiger charge is -2.32. The van der Waals surface area contributed by atoms with Gasteiger partial charge in [-0.25, -0.2) is 4.79 Å². The van der Waals surface area contributed by atoms with E-state index in [0.29, 0.717) is 17.0 Å². The number of para-hydroxylation sites is 1. The zero-order valence-corrected chi connectivity index (χ0v) is 18.5. The Bertz CT molecular complexity index is 1330. The number of hydrogen-bond donors (Lipinski definition) is 1. The summed E-state index contributed by atoms with van der Waals surface area (Å²) in [6.07, 6.45) is 4.85. The molecule has 0 unspecified atom stereocenters. The second-order valence-corrected chi connectivity index (χ2v) is 8.91. The Labute approximate surface area is 190 Å². The highest BCUT2D eigenvalue weighted by Crippen LogP contribution is 2.26. The number of ketones is 1. The fourth-order valence-electron chi connectivity index (χ4n) is 4.70. The Balaban J connectivity index is 1.15. The second-order valence-electron chi connectivity index (χ2n) is 8.48. The van der Waals surface area contributed by atoms with Crippen molar-refractivity contribution in [2.75, 3.05) is 19.6 Å². The molecule has 2 aromatic carbocycles. The number of hydrogen-bond acceptors (Lipinski definition) is 4. The number of aromatic amines is 1. The number of Topliss-reactive ketones (excluding diaryl/α,β-unsaturated/α-hetero) is 1. The quantitative estimate of drug-likeness (QED) is 0.429. The van der Waals surface area contributed by atoms with E-state index in [9.17, 15) is 9.59 Å². The highest BCUT2D eigenvalue weighted by molar-refractivity contribution is 6.31. The summed E-state index contributed by atoms with van der Waals surface area (Å²) in [5.74, 6) is 0.141. The fourth-order valence-corrected chi connectivity index (χ4v) is 4.87. The van der Waals surface area contributed by atoms with Gasteiger partial charge in [0.15, 0.2) is 5.78 Å². The minimum absolute atomic E-state index is 0.0738. The van der Waals surface area contributed by atoms with Crippen molar-refractivity contribution in [3.63, 3.8) is 0 Å². The summed E-state index contributed by atoms with van der Waals surface area (Å²) in [6.45, 7) is 2.73. The summed E-state index contributed by atoms with van der Waals surface area (Å²) >= 11 is 6.06. The van der Waals surface area contributed by atoms with Crippen molar-refractivity contribution in [1.29, 1.82) is 0 Å². The molecule has 32 heavy (non-hydrogen) atoms. The molecule has 0 atom stereocenters. The van der Waals surface area contributed by atoms with E-state index in [1.165, 1.54) is 0 Å². The lowest BCUT2D eigenvalue weighted by Crippen LogP contribution is -2.37. The number of nitrogens with zero attached hydrogens (tertiary/aromatic N) is 3. The Morgan fingerprint density at radius 3 is 2.78 bits per heavy atom. The first-order valence-electron chi connectivity index (χ1n) is 11.1. The van der Waals surface area contributed by atoms with Crippen LogP contribution in [0.5, 0.6) is 0 Å². The number of likely N-dealkylation sites (tertiary alicyclic amines) is 1. The number of pyridine rings is 1. The minimum Gasteiger partial charge on any atom is -0.305 e. The molecular formula is C25H25ClN4O2. The van der Waals surface area contributed by atoms with Crippen LogP contribution in [0.4, 0.5) is 0 Å². The molecule has 6 nitrogen and oxygen atoms in total. The molecule has 0 amide bonds. The van der Waals surface area contributed by atoms with Gasteiger partial charge in [-0.1, -0.05) is 29.8 Å². The first kappa shape index (κ1) is 20.9. The van der Waals surface area contributed by atoms with Crippen molar-refractivity contribution < 1.29 is 4.79 Å². The maximum atomic E-state index is 12.6. The van der Waals surface area contributed by atoms with Gasteiger partial charge in [-0.05, 0) is 56.1 Å². The molecule has 1 fully saturated rings. The number of fused-ring (bicyclic) bond motifs is 2. The Hall–Kier alpha value is -2.96. The maximum Gasteiger partial charge on any atom is 0.326 e. The molecule has 0 spiro atoms. The first-order valence-corrected chi connectivity index (χ1v) is 11.5. The van der Waals surface area contributed by atoms with E-state index < -0.39 is 0 Å². The van der Waals surface area contributed by atoms with Gasteiger partial charge in [0.25, 0.3) is 0 Å². The van der Waals surface area contributed by atoms with Gasteiger partial charge >= 0.3 is 5.69 Å². The van der Waals surface area contributed by atoms with Crippen LogP contribution < -0.4 is 5.69 Å². The minimum atomic E-state index is -0.0738. The van der Waals surface area contributed by atoms with Gasteiger partial charge in [0, 0.05) is 47.7 Å². The van der Waals surface area contributed by atoms with E-state index in [0.717, 1.165) is 60.8 Å². The zero-order chi connectivity index (χ0) is 22.1. The number of rotatable bonds is 6. The predicted octanol–water partition coefficient (Wildman–Crippen LogP) is 4.83. The molecule has 4 aromatic rings. The van der Waals surface area contributed by atoms with Crippen LogP contribution in [0.25, 0.3) is 21.9 Å². The van der Waals surface area contributed by atoms with Crippen LogP contribution in [-0.4, -0.2) is 44.9 Å². The van der Waals surface area contributed by atoms with Crippen LogP contribution in [0, 0.1) is 0 Å². The summed E-state index contributed by atoms with van der Waals surface area (Å²) in [4.78, 5) is 34.8. The van der Waals surface area contributed by atoms with Gasteiger partial charge in [0.1, 0.15) is 0 Å². The molecule has 2 aromatic heterocycles. The smallest absolute Gasteiger partial charge is 0.305 e. The number of halogens is 1. The van der Waals surface area contributed by atoms with E-state index in [1.807, 2.05) is 47.0 Å². The van der Waals surface area contributed by atoms with E-state index >= 15 is 0 Å². The number of carbonyl (C=O) groups excluding carboxylic acids is 1. The standard InChI is InChI=1S/C25H25ClN4O2/c26-19-7-8-23-22(15-19)28-25(32)30(23)20-9-12-29(13-10-20)11-3-6-24(31)18-14-17-4-1-2-5-21(17)27-16-18/h1-2,4-5,7-8,14-16,20H,3,6,9-13H2,(H,28,32). The van der Waals surface area contributed by atoms with Gasteiger partial charge in [-0.2, -0.15) is 0 Å². The molecule has 7 heteroatoms. The maximum absolute atomic E-state index is 12.6. The Morgan fingerprint density at radius 2 is 1.94 bits per heavy atom. The largest absolute Gasteiger partial charge is 0.326 e. The van der Waals surface area contributed by atoms with Crippen molar-refractivity contribution in [1.82, 2.24) is 19.4 Å². The summed E-state index contributed by atoms with van der Waals surface area (Å²) in [6, 6.07) is 15.5. The monoisotopic (exact) mass is 448 g/mol. The fraction of sp³-hybridized carbons (Fsp3) is 0.320. The summed E-state index contributed by atoms with van der Waals surface area (Å²) in [5.41, 5.74) is 3.21. The third-order valence-corrected chi connectivity index (χ3v) is 6.63. The lowest BCUT2D eigenvalue weighted by atomic mass is 10.0. The average molecular weight is 449 g/mol. The number of carbonyl (C=O) groups is 1. The van der Waals surface area contributed by atoms with E-state index in [-0.39, 0.29) is 17.5 Å². The topological polar surface area (TPSA) is 71.0 Å². The summed E-state index contributed by atoms with van der Waals surface area (Å²) < 4.78 is 1.87. The zero-order valence-electron chi connectivity index (χ0n) is 17.8. The molecule has 0 bridgehead atoms. The highest BCUT2D eigenvalue weighted by atomic mass is 35.5. The van der Waals surface area contributed by atoms with Crippen molar-refractivity contribution in [2.24, 2.45) is 0 Å². The predicted molar refractivity (Wildman–Crippen MR) is 128 cm³/mol. The van der Waals surface area contributed by atoms with Crippen molar-refractivity contribution >= 4 is 39.3 Å². The third-order valence-electron chi connectivity index (χ3n) is 6.39. The van der Waals surface area contributed by atoms with Gasteiger partial charge in [0.05, 0.1) is 16.6 Å². The number of piperidine rings is 1. The van der Waals surface area contributed by atoms with Crippen LogP contribution >= 0.6 is 11.6 Å². The Kier molecular flexibility index (Phi) is 5.81. The van der Waals surface area contributed by atoms with Crippen LogP contribution in [0.3, 0.4) is 0 Å². The van der Waals surface area contributed by atoms with Crippen LogP contribution in [0.1, 0.15) is 42.1 Å². The normalized spacial score (nSPS) is 15.5. The molecule has 1 aliphatic rings. The van der Waals surface area contributed by atoms with Gasteiger partial charge < -0.3 is 9.88 Å². The summed E-state index contributed by atoms with van der Waals surface area (Å²) in [5, 5.41) is 1.62. The molecule has 1 aliphatic heterocycles. The van der Waals surface area contributed by atoms with E-state index in [2.05, 4.69) is 14.9 Å². The number of aromatic nitrogens is 3. The number of imidazole rings is 1. The van der Waals surface area contributed by atoms with E-state index in [4.69, 9.17) is 11.6 Å². The number of H-pyrrole nitrogens is 1. The van der Waals surface area contributed by atoms with E-state index in [1.54, 1.807) is 12.3 Å². The molecule has 0 radical (unpaired) electrons. The summed E-state index contributed by atoms with van der Waals surface area (Å²) in [7, 11) is 0. The number of benzene rings is 2. The average Bonchev–Trinajstić information content (AvgIpc) is 3.13. The SMILES string of the molecule is O=C(CCCN1CCC(n2c(=O)[nH]c3cc(Cl)ccc32)CC1)c1cnc2ccccc2c1. The molecule has 0 aliphatic carbocycles. The lowest BCUT2D eigenvalue weighted by molar-refractivity contribution is 0.0970. The molecule has 1 saturated heterocycles. The highest BCUT2D eigenvalue weighted by Gasteiger charge is 2.23. The first-order chi connectivity index (χ1) is 15.6. The van der Waals surface area contributed by atoms with Crippen molar-refractivity contribution in [3.8, 4) is 0 Å². The van der Waals surface area contributed by atoms with Gasteiger partial charge in [0.2, 0.25) is 0 Å². The molecular weight excluding hydrogens is 424 g/mol. The van der Waals surface area contributed by atoms with Crippen molar-refractivity contribution in [3.05, 3.63) is 75.8 Å². The molecule has 3 heterocycles. The van der Waals surface area contributed by atoms with Gasteiger partial charge in [-0.15, -0.1) is 0 Å². The van der Waals surface area contributed by atoms with Crippen LogP contribution in [0.15, 0.2) is 59.5 Å². The van der Waals surface area contributed by atoms with Gasteiger partial charge in [-0.3, -0.25) is 14.3 Å². The molecule has 5 rings (SSSR count). The number of nitrogens with one attached hydrogen (secondary N) is 1. The van der Waals surface area contributed by atoms with Crippen LogP contribution in [-0.2, 0) is 0 Å². The molecule has 0 saturated carbocycles.